The Balaban J connectivity index is 1.41. The van der Waals surface area contributed by atoms with Crippen LogP contribution in [-0.4, -0.2) is 25.3 Å². The van der Waals surface area contributed by atoms with E-state index in [1.807, 2.05) is 0 Å². The van der Waals surface area contributed by atoms with Crippen molar-refractivity contribution in [2.75, 3.05) is 5.73 Å². The molecule has 4 rings (SSSR count). The van der Waals surface area contributed by atoms with Crippen LogP contribution in [-0.2, 0) is 0 Å². The minimum atomic E-state index is -0.474. The van der Waals surface area contributed by atoms with Crippen molar-refractivity contribution in [1.82, 2.24) is 20.4 Å². The third kappa shape index (κ3) is 3.97. The van der Waals surface area contributed by atoms with Crippen LogP contribution in [0.2, 0.25) is 0 Å². The lowest BCUT2D eigenvalue weighted by molar-refractivity contribution is -0.384. The number of nitrogen functional groups attached to an aromatic ring is 1. The number of hydrogen-bond donors (Lipinski definition) is 1. The molecule has 140 valence electrons. The van der Waals surface area contributed by atoms with E-state index in [4.69, 9.17) is 14.6 Å². The van der Waals surface area contributed by atoms with Gasteiger partial charge in [-0.1, -0.05) is 10.2 Å². The summed E-state index contributed by atoms with van der Waals surface area (Å²) in [5.41, 5.74) is 7.64. The molecule has 2 aromatic carbocycles. The molecule has 0 spiro atoms. The third-order valence-electron chi connectivity index (χ3n) is 3.48. The van der Waals surface area contributed by atoms with Gasteiger partial charge in [0.15, 0.2) is 0 Å². The van der Waals surface area contributed by atoms with E-state index >= 15 is 0 Å². The molecule has 0 amide bonds. The highest BCUT2D eigenvalue weighted by molar-refractivity contribution is 8.76. The number of nitrogens with zero attached hydrogens (tertiary/aromatic N) is 5. The van der Waals surface area contributed by atoms with Gasteiger partial charge < -0.3 is 14.6 Å². The predicted octanol–water partition coefficient (Wildman–Crippen LogP) is 4.08. The minimum absolute atomic E-state index is 0.0123. The van der Waals surface area contributed by atoms with E-state index in [1.54, 1.807) is 36.4 Å². The van der Waals surface area contributed by atoms with Gasteiger partial charge in [-0.3, -0.25) is 10.1 Å². The molecule has 28 heavy (non-hydrogen) atoms. The lowest BCUT2D eigenvalue weighted by Gasteiger charge is -1.95. The fourth-order valence-electron chi connectivity index (χ4n) is 2.14. The summed E-state index contributed by atoms with van der Waals surface area (Å²) in [5, 5.41) is 27.1. The van der Waals surface area contributed by atoms with Crippen LogP contribution >= 0.6 is 21.6 Å². The molecule has 4 aromatic rings. The monoisotopic (exact) mass is 414 g/mol. The molecule has 0 bridgehead atoms. The van der Waals surface area contributed by atoms with E-state index in [0.29, 0.717) is 22.4 Å². The number of non-ortho nitro benzene ring substituents is 1. The van der Waals surface area contributed by atoms with Gasteiger partial charge in [0.1, 0.15) is 0 Å². The van der Waals surface area contributed by atoms with Gasteiger partial charge in [0.05, 0.1) is 4.92 Å². The molecule has 0 saturated heterocycles. The van der Waals surface area contributed by atoms with Crippen LogP contribution in [0.1, 0.15) is 0 Å². The Hall–Kier alpha value is -3.38. The average Bonchev–Trinajstić information content (AvgIpc) is 3.37. The summed E-state index contributed by atoms with van der Waals surface area (Å²) < 4.78 is 11.1. The SMILES string of the molecule is Nc1ccc(-c2nnc(SSc3nnc(-c4ccc([N+](=O)[O-])cc4)o3)o2)cc1. The van der Waals surface area contributed by atoms with Crippen LogP contribution in [0, 0.1) is 10.1 Å². The second kappa shape index (κ2) is 7.70. The molecule has 2 N–H and O–H groups in total. The number of hydrogen-bond acceptors (Lipinski definition) is 11. The van der Waals surface area contributed by atoms with Gasteiger partial charge in [0.25, 0.3) is 16.1 Å². The van der Waals surface area contributed by atoms with Crippen LogP contribution in [0.4, 0.5) is 11.4 Å². The summed E-state index contributed by atoms with van der Waals surface area (Å²) >= 11 is 0. The van der Waals surface area contributed by atoms with Crippen molar-refractivity contribution in [3.63, 3.8) is 0 Å². The second-order valence-electron chi connectivity index (χ2n) is 5.34. The second-order valence-corrected chi connectivity index (χ2v) is 7.37. The molecule has 2 aromatic heterocycles. The van der Waals surface area contributed by atoms with Crippen molar-refractivity contribution < 1.29 is 13.8 Å². The highest BCUT2D eigenvalue weighted by Gasteiger charge is 2.14. The maximum atomic E-state index is 10.7. The van der Waals surface area contributed by atoms with E-state index in [1.165, 1.54) is 22.9 Å². The molecular weight excluding hydrogens is 404 g/mol. The van der Waals surface area contributed by atoms with Gasteiger partial charge in [-0.2, -0.15) is 0 Å². The van der Waals surface area contributed by atoms with Crippen molar-refractivity contribution >= 4 is 33.0 Å². The number of nitro groups is 1. The number of nitro benzene ring substituents is 1. The van der Waals surface area contributed by atoms with Crippen LogP contribution in [0.25, 0.3) is 22.9 Å². The summed E-state index contributed by atoms with van der Waals surface area (Å²) in [5.74, 6) is 0.631. The van der Waals surface area contributed by atoms with Crippen molar-refractivity contribution in [1.29, 1.82) is 0 Å². The number of nitrogens with two attached hydrogens (primary N) is 1. The maximum absolute atomic E-state index is 10.7. The lowest BCUT2D eigenvalue weighted by atomic mass is 10.2. The van der Waals surface area contributed by atoms with Crippen LogP contribution in [0.5, 0.6) is 0 Å². The smallest absolute Gasteiger partial charge is 0.288 e. The Morgan fingerprint density at radius 1 is 0.786 bits per heavy atom. The van der Waals surface area contributed by atoms with E-state index < -0.39 is 4.92 Å². The summed E-state index contributed by atoms with van der Waals surface area (Å²) in [6, 6.07) is 12.9. The first-order chi connectivity index (χ1) is 13.6. The third-order valence-corrected chi connectivity index (χ3v) is 5.28. The number of rotatable bonds is 6. The van der Waals surface area contributed by atoms with E-state index in [9.17, 15) is 10.1 Å². The summed E-state index contributed by atoms with van der Waals surface area (Å²) in [6.45, 7) is 0. The largest absolute Gasteiger partial charge is 0.411 e. The Morgan fingerprint density at radius 3 is 1.71 bits per heavy atom. The van der Waals surface area contributed by atoms with Gasteiger partial charge in [-0.05, 0) is 36.4 Å². The zero-order chi connectivity index (χ0) is 19.5. The Kier molecular flexibility index (Phi) is 4.95. The Bertz CT molecular complexity index is 1110. The van der Waals surface area contributed by atoms with Crippen LogP contribution in [0.3, 0.4) is 0 Å². The number of aromatic nitrogens is 4. The normalized spacial score (nSPS) is 10.9. The van der Waals surface area contributed by atoms with Gasteiger partial charge >= 0.3 is 0 Å². The van der Waals surface area contributed by atoms with Crippen molar-refractivity contribution in [3.05, 3.63) is 58.6 Å². The first kappa shape index (κ1) is 18.0. The Labute approximate surface area is 165 Å². The molecular formula is C16H10N6O4S2. The Morgan fingerprint density at radius 2 is 1.25 bits per heavy atom. The number of anilines is 1. The highest BCUT2D eigenvalue weighted by Crippen LogP contribution is 2.37. The fraction of sp³-hybridized carbons (Fsp3) is 0. The topological polar surface area (TPSA) is 147 Å². The molecule has 0 aliphatic rings. The first-order valence-corrected chi connectivity index (χ1v) is 9.86. The molecule has 0 aliphatic carbocycles. The van der Waals surface area contributed by atoms with Crippen LogP contribution in [0.15, 0.2) is 67.8 Å². The van der Waals surface area contributed by atoms with Crippen molar-refractivity contribution in [2.24, 2.45) is 0 Å². The first-order valence-electron chi connectivity index (χ1n) is 7.71. The lowest BCUT2D eigenvalue weighted by Crippen LogP contribution is -1.87. The molecule has 10 nitrogen and oxygen atoms in total. The minimum Gasteiger partial charge on any atom is -0.411 e. The van der Waals surface area contributed by atoms with Gasteiger partial charge in [-0.25, -0.2) is 0 Å². The highest BCUT2D eigenvalue weighted by atomic mass is 33.1. The van der Waals surface area contributed by atoms with Gasteiger partial charge in [0.2, 0.25) is 11.8 Å². The predicted molar refractivity (Wildman–Crippen MR) is 102 cm³/mol. The number of benzene rings is 2. The van der Waals surface area contributed by atoms with Crippen LogP contribution < -0.4 is 5.73 Å². The zero-order valence-corrected chi connectivity index (χ0v) is 15.5. The summed E-state index contributed by atoms with van der Waals surface area (Å²) in [7, 11) is 2.33. The molecule has 0 atom stereocenters. The summed E-state index contributed by atoms with van der Waals surface area (Å²) in [6.07, 6.45) is 0. The van der Waals surface area contributed by atoms with E-state index in [2.05, 4.69) is 20.4 Å². The zero-order valence-electron chi connectivity index (χ0n) is 13.9. The standard InChI is InChI=1S/C16H10N6O4S2/c17-11-5-1-9(2-6-11)13-18-20-15(25-13)27-28-16-21-19-14(26-16)10-3-7-12(8-4-10)22(23)24/h1-8H,17H2. The molecule has 12 heteroatoms. The molecule has 0 saturated carbocycles. The molecule has 2 heterocycles. The molecule has 0 aliphatic heterocycles. The molecule has 0 unspecified atom stereocenters. The molecule has 0 fully saturated rings. The fourth-order valence-corrected chi connectivity index (χ4v) is 3.49. The quantitative estimate of drug-likeness (QED) is 0.210. The van der Waals surface area contributed by atoms with E-state index in [0.717, 1.165) is 16.4 Å². The molecule has 0 radical (unpaired) electrons. The van der Waals surface area contributed by atoms with Crippen molar-refractivity contribution in [3.8, 4) is 22.9 Å². The van der Waals surface area contributed by atoms with Gasteiger partial charge in [0, 0.05) is 50.5 Å². The van der Waals surface area contributed by atoms with Crippen molar-refractivity contribution in [2.45, 2.75) is 10.4 Å². The van der Waals surface area contributed by atoms with Gasteiger partial charge in [-0.15, -0.1) is 10.2 Å². The maximum Gasteiger partial charge on any atom is 0.288 e. The average molecular weight is 414 g/mol. The summed E-state index contributed by atoms with van der Waals surface area (Å²) in [4.78, 5) is 10.2. The van der Waals surface area contributed by atoms with E-state index in [-0.39, 0.29) is 16.8 Å².